The van der Waals surface area contributed by atoms with Crippen molar-refractivity contribution in [3.8, 4) is 0 Å². The summed E-state index contributed by atoms with van der Waals surface area (Å²) in [5.41, 5.74) is 1.30. The lowest BCUT2D eigenvalue weighted by molar-refractivity contribution is -0.00452. The molecule has 0 radical (unpaired) electrons. The van der Waals surface area contributed by atoms with E-state index in [9.17, 15) is 0 Å². The van der Waals surface area contributed by atoms with Gasteiger partial charge in [-0.05, 0) is 37.9 Å². The summed E-state index contributed by atoms with van der Waals surface area (Å²) in [4.78, 5) is 5.15. The number of benzene rings is 1. The zero-order chi connectivity index (χ0) is 14.7. The molecule has 2 fully saturated rings. The molecular weight excluding hydrogens is 284 g/mol. The third kappa shape index (κ3) is 3.59. The van der Waals surface area contributed by atoms with E-state index in [0.717, 1.165) is 37.9 Å². The minimum atomic E-state index is 0.495. The van der Waals surface area contributed by atoms with Crippen molar-refractivity contribution in [3.05, 3.63) is 34.9 Å². The van der Waals surface area contributed by atoms with Gasteiger partial charge in [0.15, 0.2) is 0 Å². The lowest BCUT2D eigenvalue weighted by Crippen LogP contribution is -2.46. The van der Waals surface area contributed by atoms with Gasteiger partial charge in [-0.15, -0.1) is 0 Å². The predicted octanol–water partition coefficient (Wildman–Crippen LogP) is 3.20. The summed E-state index contributed by atoms with van der Waals surface area (Å²) < 4.78 is 5.52. The first-order valence-corrected chi connectivity index (χ1v) is 8.44. The van der Waals surface area contributed by atoms with Crippen molar-refractivity contribution in [3.63, 3.8) is 0 Å². The number of likely N-dealkylation sites (tertiary alicyclic amines) is 1. The van der Waals surface area contributed by atoms with Gasteiger partial charge in [-0.3, -0.25) is 9.80 Å². The second kappa shape index (κ2) is 7.10. The number of halogens is 1. The summed E-state index contributed by atoms with van der Waals surface area (Å²) in [6.07, 6.45) is 2.50. The molecule has 0 aliphatic carbocycles. The lowest BCUT2D eigenvalue weighted by atomic mass is 10.0. The largest absolute Gasteiger partial charge is 0.379 e. The van der Waals surface area contributed by atoms with Crippen molar-refractivity contribution in [1.29, 1.82) is 0 Å². The van der Waals surface area contributed by atoms with Gasteiger partial charge in [0.25, 0.3) is 0 Å². The molecule has 3 rings (SSSR count). The summed E-state index contributed by atoms with van der Waals surface area (Å²) in [5, 5.41) is 0.911. The molecule has 0 bridgehead atoms. The molecule has 1 aromatic carbocycles. The van der Waals surface area contributed by atoms with Crippen LogP contribution in [0.1, 0.15) is 31.4 Å². The van der Waals surface area contributed by atoms with E-state index in [1.165, 1.54) is 24.9 Å². The van der Waals surface area contributed by atoms with Crippen LogP contribution in [-0.2, 0) is 4.74 Å². The Morgan fingerprint density at radius 3 is 2.81 bits per heavy atom. The smallest absolute Gasteiger partial charge is 0.0619 e. The SMILES string of the molecule is C[C@@H]1COCCN1CCN1CCC[C@H]1c1ccccc1Cl. The molecule has 0 aromatic heterocycles. The van der Waals surface area contributed by atoms with Crippen LogP contribution >= 0.6 is 11.6 Å². The molecule has 0 N–H and O–H groups in total. The fourth-order valence-corrected chi connectivity index (χ4v) is 3.80. The molecule has 116 valence electrons. The van der Waals surface area contributed by atoms with E-state index >= 15 is 0 Å². The van der Waals surface area contributed by atoms with Crippen LogP contribution in [0.15, 0.2) is 24.3 Å². The van der Waals surface area contributed by atoms with E-state index in [4.69, 9.17) is 16.3 Å². The van der Waals surface area contributed by atoms with Crippen molar-refractivity contribution in [2.75, 3.05) is 39.4 Å². The fourth-order valence-electron chi connectivity index (χ4n) is 3.54. The van der Waals surface area contributed by atoms with Crippen LogP contribution in [0.2, 0.25) is 5.02 Å². The summed E-state index contributed by atoms with van der Waals surface area (Å²) in [5.74, 6) is 0. The Morgan fingerprint density at radius 2 is 2.00 bits per heavy atom. The number of rotatable bonds is 4. The third-order valence-electron chi connectivity index (χ3n) is 4.81. The van der Waals surface area contributed by atoms with Gasteiger partial charge in [-0.2, -0.15) is 0 Å². The van der Waals surface area contributed by atoms with Crippen molar-refractivity contribution >= 4 is 11.6 Å². The molecule has 4 heteroatoms. The highest BCUT2D eigenvalue weighted by atomic mass is 35.5. The van der Waals surface area contributed by atoms with Crippen LogP contribution in [-0.4, -0.2) is 55.2 Å². The quantitative estimate of drug-likeness (QED) is 0.849. The minimum Gasteiger partial charge on any atom is -0.379 e. The van der Waals surface area contributed by atoms with Gasteiger partial charge < -0.3 is 4.74 Å². The summed E-state index contributed by atoms with van der Waals surface area (Å²) in [7, 11) is 0. The zero-order valence-corrected chi connectivity index (χ0v) is 13.6. The van der Waals surface area contributed by atoms with Gasteiger partial charge in [0.05, 0.1) is 13.2 Å². The summed E-state index contributed by atoms with van der Waals surface area (Å²) in [6.45, 7) is 8.51. The number of hydrogen-bond acceptors (Lipinski definition) is 3. The van der Waals surface area contributed by atoms with Crippen molar-refractivity contribution in [2.24, 2.45) is 0 Å². The minimum absolute atomic E-state index is 0.495. The van der Waals surface area contributed by atoms with Gasteiger partial charge in [0.2, 0.25) is 0 Å². The topological polar surface area (TPSA) is 15.7 Å². The Balaban J connectivity index is 1.61. The number of morpholine rings is 1. The zero-order valence-electron chi connectivity index (χ0n) is 12.8. The first-order valence-electron chi connectivity index (χ1n) is 8.06. The molecule has 2 heterocycles. The Bertz CT molecular complexity index is 468. The van der Waals surface area contributed by atoms with Crippen LogP contribution in [0.3, 0.4) is 0 Å². The molecule has 0 saturated carbocycles. The Hall–Kier alpha value is -0.610. The first kappa shape index (κ1) is 15.3. The van der Waals surface area contributed by atoms with Crippen LogP contribution in [0, 0.1) is 0 Å². The maximum absolute atomic E-state index is 6.39. The first-order chi connectivity index (χ1) is 10.3. The Labute approximate surface area is 132 Å². The van der Waals surface area contributed by atoms with Gasteiger partial charge in [-0.25, -0.2) is 0 Å². The maximum atomic E-state index is 6.39. The van der Waals surface area contributed by atoms with Gasteiger partial charge in [0.1, 0.15) is 0 Å². The molecule has 2 atom stereocenters. The standard InChI is InChI=1S/C17H25ClN2O/c1-14-13-21-12-11-19(14)9-10-20-8-4-7-17(20)15-5-2-3-6-16(15)18/h2-3,5-6,14,17H,4,7-13H2,1H3/t14-,17+/m1/s1. The molecular formula is C17H25ClN2O. The van der Waals surface area contributed by atoms with Crippen molar-refractivity contribution < 1.29 is 4.74 Å². The van der Waals surface area contributed by atoms with Crippen molar-refractivity contribution in [2.45, 2.75) is 31.8 Å². The average molecular weight is 309 g/mol. The number of nitrogens with zero attached hydrogens (tertiary/aromatic N) is 2. The van der Waals surface area contributed by atoms with E-state index in [1.54, 1.807) is 0 Å². The molecule has 2 saturated heterocycles. The molecule has 3 nitrogen and oxygen atoms in total. The highest BCUT2D eigenvalue weighted by Crippen LogP contribution is 2.35. The number of hydrogen-bond donors (Lipinski definition) is 0. The van der Waals surface area contributed by atoms with Crippen molar-refractivity contribution in [1.82, 2.24) is 9.80 Å². The molecule has 0 unspecified atom stereocenters. The molecule has 0 spiro atoms. The molecule has 1 aromatic rings. The van der Waals surface area contributed by atoms with E-state index in [2.05, 4.69) is 28.9 Å². The molecule has 21 heavy (non-hydrogen) atoms. The van der Waals surface area contributed by atoms with Crippen LogP contribution < -0.4 is 0 Å². The monoisotopic (exact) mass is 308 g/mol. The maximum Gasteiger partial charge on any atom is 0.0619 e. The molecule has 2 aliphatic rings. The van der Waals surface area contributed by atoms with Crippen LogP contribution in [0.5, 0.6) is 0 Å². The highest BCUT2D eigenvalue weighted by Gasteiger charge is 2.28. The van der Waals surface area contributed by atoms with E-state index < -0.39 is 0 Å². The van der Waals surface area contributed by atoms with E-state index in [0.29, 0.717) is 12.1 Å². The molecule has 0 amide bonds. The fraction of sp³-hybridized carbons (Fsp3) is 0.647. The van der Waals surface area contributed by atoms with Gasteiger partial charge in [-0.1, -0.05) is 29.8 Å². The summed E-state index contributed by atoms with van der Waals surface area (Å²) >= 11 is 6.39. The second-order valence-corrected chi connectivity index (χ2v) is 6.58. The lowest BCUT2D eigenvalue weighted by Gasteiger charge is -2.35. The second-order valence-electron chi connectivity index (χ2n) is 6.18. The average Bonchev–Trinajstić information content (AvgIpc) is 2.95. The van der Waals surface area contributed by atoms with Crippen LogP contribution in [0.4, 0.5) is 0 Å². The van der Waals surface area contributed by atoms with E-state index in [1.807, 2.05) is 12.1 Å². The Morgan fingerprint density at radius 1 is 1.19 bits per heavy atom. The third-order valence-corrected chi connectivity index (χ3v) is 5.15. The Kier molecular flexibility index (Phi) is 5.17. The van der Waals surface area contributed by atoms with E-state index in [-0.39, 0.29) is 0 Å². The normalized spacial score (nSPS) is 28.1. The number of ether oxygens (including phenoxy) is 1. The highest BCUT2D eigenvalue weighted by molar-refractivity contribution is 6.31. The predicted molar refractivity (Wildman–Crippen MR) is 86.9 cm³/mol. The van der Waals surface area contributed by atoms with Gasteiger partial charge >= 0.3 is 0 Å². The molecule has 2 aliphatic heterocycles. The summed E-state index contributed by atoms with van der Waals surface area (Å²) in [6, 6.07) is 9.35. The van der Waals surface area contributed by atoms with Gasteiger partial charge in [0, 0.05) is 36.7 Å². The van der Waals surface area contributed by atoms with Crippen LogP contribution in [0.25, 0.3) is 0 Å².